The number of hydrogen-bond acceptors (Lipinski definition) is 7. The van der Waals surface area contributed by atoms with E-state index in [2.05, 4.69) is 20.8 Å². The van der Waals surface area contributed by atoms with E-state index in [1.54, 1.807) is 29.6 Å². The van der Waals surface area contributed by atoms with Crippen molar-refractivity contribution in [3.63, 3.8) is 0 Å². The number of benzene rings is 1. The summed E-state index contributed by atoms with van der Waals surface area (Å²) in [5.41, 5.74) is 1.65. The Labute approximate surface area is 174 Å². The smallest absolute Gasteiger partial charge is 0.270 e. The molecule has 0 bridgehead atoms. The van der Waals surface area contributed by atoms with Gasteiger partial charge in [-0.25, -0.2) is 9.37 Å². The molecule has 30 heavy (non-hydrogen) atoms. The average molecular weight is 428 g/mol. The second-order valence-electron chi connectivity index (χ2n) is 6.55. The molecule has 154 valence electrons. The fourth-order valence-electron chi connectivity index (χ4n) is 2.81. The summed E-state index contributed by atoms with van der Waals surface area (Å²) in [6, 6.07) is 9.47. The minimum absolute atomic E-state index is 0.148. The van der Waals surface area contributed by atoms with Gasteiger partial charge in [-0.2, -0.15) is 0 Å². The van der Waals surface area contributed by atoms with Crippen molar-refractivity contribution in [2.75, 3.05) is 5.32 Å². The molecule has 1 aliphatic heterocycles. The van der Waals surface area contributed by atoms with Gasteiger partial charge in [-0.05, 0) is 24.3 Å². The topological polar surface area (TPSA) is 106 Å². The fraction of sp³-hybridized carbons (Fsp3) is 0.200. The number of carbonyl (C=O) groups excluding carboxylic acids is 2. The molecule has 3 aromatic rings. The van der Waals surface area contributed by atoms with Crippen LogP contribution in [0.5, 0.6) is 0 Å². The van der Waals surface area contributed by atoms with E-state index in [-0.39, 0.29) is 24.7 Å². The van der Waals surface area contributed by atoms with Gasteiger partial charge in [0.15, 0.2) is 10.9 Å². The number of rotatable bonds is 6. The predicted octanol–water partition coefficient (Wildman–Crippen LogP) is 3.31. The number of carbonyl (C=O) groups is 2. The Morgan fingerprint density at radius 1 is 1.30 bits per heavy atom. The van der Waals surface area contributed by atoms with E-state index < -0.39 is 12.0 Å². The summed E-state index contributed by atoms with van der Waals surface area (Å²) in [6.45, 7) is 1.72. The zero-order chi connectivity index (χ0) is 21.1. The third-order valence-electron chi connectivity index (χ3n) is 4.28. The van der Waals surface area contributed by atoms with Crippen LogP contribution < -0.4 is 10.6 Å². The number of hydrogen-bond donors (Lipinski definition) is 2. The number of amides is 2. The van der Waals surface area contributed by atoms with Crippen molar-refractivity contribution < 1.29 is 23.2 Å². The van der Waals surface area contributed by atoms with Crippen LogP contribution >= 0.6 is 11.3 Å². The first kappa shape index (κ1) is 19.8. The lowest BCUT2D eigenvalue weighted by atomic mass is 10.0. The van der Waals surface area contributed by atoms with Crippen molar-refractivity contribution in [3.05, 3.63) is 58.9 Å². The Morgan fingerprint density at radius 2 is 2.17 bits per heavy atom. The van der Waals surface area contributed by atoms with E-state index in [0.29, 0.717) is 33.6 Å². The first-order valence-electron chi connectivity index (χ1n) is 9.06. The second kappa shape index (κ2) is 8.46. The maximum absolute atomic E-state index is 13.4. The molecule has 0 saturated heterocycles. The minimum Gasteiger partial charge on any atom is -0.458 e. The molecule has 3 heterocycles. The van der Waals surface area contributed by atoms with Gasteiger partial charge in [-0.15, -0.1) is 11.3 Å². The largest absolute Gasteiger partial charge is 0.458 e. The van der Waals surface area contributed by atoms with Crippen LogP contribution in [0.25, 0.3) is 11.5 Å². The maximum Gasteiger partial charge on any atom is 0.270 e. The molecule has 1 unspecified atom stereocenters. The van der Waals surface area contributed by atoms with E-state index in [1.165, 1.54) is 30.4 Å². The third kappa shape index (κ3) is 4.54. The van der Waals surface area contributed by atoms with Gasteiger partial charge >= 0.3 is 0 Å². The van der Waals surface area contributed by atoms with E-state index in [9.17, 15) is 14.0 Å². The molecule has 2 aromatic heterocycles. The van der Waals surface area contributed by atoms with Crippen molar-refractivity contribution >= 4 is 34.0 Å². The van der Waals surface area contributed by atoms with Crippen LogP contribution in [-0.4, -0.2) is 28.6 Å². The molecule has 0 spiro atoms. The van der Waals surface area contributed by atoms with Crippen molar-refractivity contribution in [3.8, 4) is 11.5 Å². The Bertz CT molecular complexity index is 1120. The van der Waals surface area contributed by atoms with E-state index >= 15 is 0 Å². The SMILES string of the molecule is CC(=O)NCc1ccc(-c2csc(NC(=O)C3CC(c4cccc(F)c4)=NO3)n2)o1. The molecular weight excluding hydrogens is 411 g/mol. The summed E-state index contributed by atoms with van der Waals surface area (Å²) in [4.78, 5) is 33.0. The number of thiazole rings is 1. The number of anilines is 1. The summed E-state index contributed by atoms with van der Waals surface area (Å²) in [5.74, 6) is 0.208. The Kier molecular flexibility index (Phi) is 5.57. The molecule has 0 radical (unpaired) electrons. The fourth-order valence-corrected chi connectivity index (χ4v) is 3.51. The average Bonchev–Trinajstić information content (AvgIpc) is 3.46. The van der Waals surface area contributed by atoms with E-state index in [0.717, 1.165) is 0 Å². The lowest BCUT2D eigenvalue weighted by molar-refractivity contribution is -0.125. The second-order valence-corrected chi connectivity index (χ2v) is 7.41. The standard InChI is InChI=1S/C20H17FN4O4S/c1-11(26)22-9-14-5-6-17(28-14)16-10-30-20(23-16)24-19(27)18-8-15(25-29-18)12-3-2-4-13(21)7-12/h2-7,10,18H,8-9H2,1H3,(H,22,26)(H,23,24,27). The molecule has 1 aromatic carbocycles. The van der Waals surface area contributed by atoms with Gasteiger partial charge in [-0.1, -0.05) is 17.3 Å². The van der Waals surface area contributed by atoms with Gasteiger partial charge in [0.1, 0.15) is 17.3 Å². The number of halogens is 1. The first-order chi connectivity index (χ1) is 14.5. The zero-order valence-electron chi connectivity index (χ0n) is 15.8. The van der Waals surface area contributed by atoms with Crippen LogP contribution in [0.1, 0.15) is 24.7 Å². The quantitative estimate of drug-likeness (QED) is 0.627. The predicted molar refractivity (Wildman–Crippen MR) is 108 cm³/mol. The first-order valence-corrected chi connectivity index (χ1v) is 9.94. The van der Waals surface area contributed by atoms with E-state index in [4.69, 9.17) is 9.25 Å². The normalized spacial score (nSPS) is 15.4. The van der Waals surface area contributed by atoms with Crippen LogP contribution in [0.15, 0.2) is 51.4 Å². The Hall–Kier alpha value is -3.53. The van der Waals surface area contributed by atoms with Crippen molar-refractivity contribution in [2.45, 2.75) is 26.0 Å². The van der Waals surface area contributed by atoms with Gasteiger partial charge < -0.3 is 14.6 Å². The summed E-state index contributed by atoms with van der Waals surface area (Å²) in [6.07, 6.45) is -0.582. The van der Waals surface area contributed by atoms with Crippen LogP contribution in [-0.2, 0) is 21.0 Å². The van der Waals surface area contributed by atoms with Crippen molar-refractivity contribution in [2.24, 2.45) is 5.16 Å². The molecule has 10 heteroatoms. The third-order valence-corrected chi connectivity index (χ3v) is 5.04. The van der Waals surface area contributed by atoms with Crippen LogP contribution in [0.2, 0.25) is 0 Å². The summed E-state index contributed by atoms with van der Waals surface area (Å²) >= 11 is 1.24. The summed E-state index contributed by atoms with van der Waals surface area (Å²) in [5, 5.41) is 11.4. The Balaban J connectivity index is 1.35. The molecule has 0 aliphatic carbocycles. The lowest BCUT2D eigenvalue weighted by Gasteiger charge is -2.07. The van der Waals surface area contributed by atoms with E-state index in [1.807, 2.05) is 0 Å². The highest BCUT2D eigenvalue weighted by Crippen LogP contribution is 2.27. The molecule has 4 rings (SSSR count). The highest BCUT2D eigenvalue weighted by Gasteiger charge is 2.29. The van der Waals surface area contributed by atoms with Gasteiger partial charge in [0, 0.05) is 24.3 Å². The number of furan rings is 1. The number of aromatic nitrogens is 1. The minimum atomic E-state index is -0.816. The molecule has 8 nitrogen and oxygen atoms in total. The van der Waals surface area contributed by atoms with Gasteiger partial charge in [0.2, 0.25) is 12.0 Å². The van der Waals surface area contributed by atoms with Crippen LogP contribution in [0, 0.1) is 5.82 Å². The van der Waals surface area contributed by atoms with Crippen molar-refractivity contribution in [1.82, 2.24) is 10.3 Å². The van der Waals surface area contributed by atoms with Gasteiger partial charge in [-0.3, -0.25) is 14.9 Å². The summed E-state index contributed by atoms with van der Waals surface area (Å²) in [7, 11) is 0. The number of nitrogens with zero attached hydrogens (tertiary/aromatic N) is 2. The number of oxime groups is 1. The highest BCUT2D eigenvalue weighted by atomic mass is 32.1. The number of nitrogens with one attached hydrogen (secondary N) is 2. The molecule has 1 aliphatic rings. The van der Waals surface area contributed by atoms with Crippen molar-refractivity contribution in [1.29, 1.82) is 0 Å². The molecule has 2 amide bonds. The monoisotopic (exact) mass is 428 g/mol. The van der Waals surface area contributed by atoms with Gasteiger partial charge in [0.05, 0.1) is 12.3 Å². The Morgan fingerprint density at radius 3 is 2.97 bits per heavy atom. The lowest BCUT2D eigenvalue weighted by Crippen LogP contribution is -2.28. The zero-order valence-corrected chi connectivity index (χ0v) is 16.7. The van der Waals surface area contributed by atoms with Crippen LogP contribution in [0.4, 0.5) is 9.52 Å². The highest BCUT2D eigenvalue weighted by molar-refractivity contribution is 7.14. The summed E-state index contributed by atoms with van der Waals surface area (Å²) < 4.78 is 19.0. The molecular formula is C20H17FN4O4S. The molecule has 0 fully saturated rings. The van der Waals surface area contributed by atoms with Crippen LogP contribution in [0.3, 0.4) is 0 Å². The van der Waals surface area contributed by atoms with Gasteiger partial charge in [0.25, 0.3) is 5.91 Å². The molecule has 1 atom stereocenters. The molecule has 0 saturated carbocycles. The molecule has 2 N–H and O–H groups in total. The maximum atomic E-state index is 13.4.